The summed E-state index contributed by atoms with van der Waals surface area (Å²) in [6.45, 7) is 0. The first kappa shape index (κ1) is 14.4. The van der Waals surface area contributed by atoms with Crippen LogP contribution in [0.3, 0.4) is 0 Å². The van der Waals surface area contributed by atoms with E-state index in [0.29, 0.717) is 0 Å². The van der Waals surface area contributed by atoms with Crippen molar-refractivity contribution in [2.24, 2.45) is 5.73 Å². The van der Waals surface area contributed by atoms with Crippen molar-refractivity contribution in [1.82, 2.24) is 0 Å². The van der Waals surface area contributed by atoms with Gasteiger partial charge in [-0.3, -0.25) is 0 Å². The van der Waals surface area contributed by atoms with E-state index in [1.807, 2.05) is 6.07 Å². The lowest BCUT2D eigenvalue weighted by Gasteiger charge is -2.16. The van der Waals surface area contributed by atoms with Crippen molar-refractivity contribution in [3.63, 3.8) is 0 Å². The van der Waals surface area contributed by atoms with Crippen LogP contribution in [0, 0.1) is 0 Å². The maximum Gasteiger partial charge on any atom is 0.322 e. The highest BCUT2D eigenvalue weighted by molar-refractivity contribution is 6.44. The maximum absolute atomic E-state index is 6.06. The molecule has 1 aromatic carbocycles. The Balaban J connectivity index is 2.18. The molecular weight excluding hydrogens is 230 g/mol. The lowest BCUT2D eigenvalue weighted by Crippen LogP contribution is -2.30. The SMILES string of the molecule is CO[SiH](CC(N)CCCc1ccccc1)OC. The Kier molecular flexibility index (Phi) is 7.12. The van der Waals surface area contributed by atoms with Gasteiger partial charge in [0.1, 0.15) is 0 Å². The van der Waals surface area contributed by atoms with E-state index in [9.17, 15) is 0 Å². The van der Waals surface area contributed by atoms with Gasteiger partial charge in [0.25, 0.3) is 0 Å². The summed E-state index contributed by atoms with van der Waals surface area (Å²) < 4.78 is 10.5. The normalized spacial score (nSPS) is 12.9. The molecule has 0 amide bonds. The van der Waals surface area contributed by atoms with Gasteiger partial charge < -0.3 is 14.6 Å². The lowest BCUT2D eigenvalue weighted by atomic mass is 10.1. The highest BCUT2D eigenvalue weighted by atomic mass is 28.3. The van der Waals surface area contributed by atoms with Crippen LogP contribution in [0.15, 0.2) is 30.3 Å². The predicted molar refractivity (Wildman–Crippen MR) is 73.3 cm³/mol. The van der Waals surface area contributed by atoms with Crippen LogP contribution in [-0.2, 0) is 15.3 Å². The van der Waals surface area contributed by atoms with Crippen LogP contribution in [0.2, 0.25) is 6.04 Å². The van der Waals surface area contributed by atoms with Crippen molar-refractivity contribution in [3.05, 3.63) is 35.9 Å². The van der Waals surface area contributed by atoms with E-state index in [-0.39, 0.29) is 6.04 Å². The smallest absolute Gasteiger partial charge is 0.322 e. The summed E-state index contributed by atoms with van der Waals surface area (Å²) in [5.41, 5.74) is 7.45. The average molecular weight is 253 g/mol. The van der Waals surface area contributed by atoms with Gasteiger partial charge in [0.05, 0.1) is 0 Å². The quantitative estimate of drug-likeness (QED) is 0.719. The van der Waals surface area contributed by atoms with E-state index in [2.05, 4.69) is 24.3 Å². The van der Waals surface area contributed by atoms with E-state index in [1.165, 1.54) is 5.56 Å². The topological polar surface area (TPSA) is 44.5 Å². The molecule has 96 valence electrons. The number of benzene rings is 1. The summed E-state index contributed by atoms with van der Waals surface area (Å²) in [6, 6.07) is 11.6. The molecule has 0 fully saturated rings. The molecule has 1 atom stereocenters. The number of hydrogen-bond acceptors (Lipinski definition) is 3. The number of nitrogens with two attached hydrogens (primary N) is 1. The molecular formula is C13H23NO2Si. The fourth-order valence-electron chi connectivity index (χ4n) is 1.87. The van der Waals surface area contributed by atoms with Gasteiger partial charge in [-0.2, -0.15) is 0 Å². The van der Waals surface area contributed by atoms with Crippen molar-refractivity contribution < 1.29 is 8.85 Å². The van der Waals surface area contributed by atoms with Crippen molar-refractivity contribution in [1.29, 1.82) is 0 Å². The van der Waals surface area contributed by atoms with Gasteiger partial charge >= 0.3 is 9.28 Å². The minimum Gasteiger partial charge on any atom is -0.400 e. The van der Waals surface area contributed by atoms with Gasteiger partial charge in [0.2, 0.25) is 0 Å². The zero-order valence-corrected chi connectivity index (χ0v) is 11.9. The Labute approximate surface area is 106 Å². The molecule has 1 unspecified atom stereocenters. The maximum atomic E-state index is 6.06. The van der Waals surface area contributed by atoms with Gasteiger partial charge in [-0.05, 0) is 24.8 Å². The van der Waals surface area contributed by atoms with E-state index in [0.717, 1.165) is 25.3 Å². The largest absolute Gasteiger partial charge is 0.400 e. The Morgan fingerprint density at radius 1 is 1.18 bits per heavy atom. The first-order valence-electron chi connectivity index (χ1n) is 6.11. The van der Waals surface area contributed by atoms with E-state index < -0.39 is 9.28 Å². The molecule has 0 saturated heterocycles. The van der Waals surface area contributed by atoms with Crippen LogP contribution < -0.4 is 5.73 Å². The fraction of sp³-hybridized carbons (Fsp3) is 0.538. The molecule has 4 heteroatoms. The Bertz CT molecular complexity index is 291. The molecule has 0 aromatic heterocycles. The molecule has 0 spiro atoms. The second kappa shape index (κ2) is 8.41. The van der Waals surface area contributed by atoms with E-state index in [4.69, 9.17) is 14.6 Å². The number of rotatable bonds is 8. The standard InChI is InChI=1S/C13H23NO2Si/c1-15-17(16-2)11-13(14)10-6-9-12-7-4-3-5-8-12/h3-5,7-8,13,17H,6,9-11,14H2,1-2H3. The Morgan fingerprint density at radius 2 is 1.82 bits per heavy atom. The fourth-order valence-corrected chi connectivity index (χ4v) is 3.17. The van der Waals surface area contributed by atoms with Crippen LogP contribution in [0.1, 0.15) is 18.4 Å². The molecule has 0 saturated carbocycles. The molecule has 0 aliphatic heterocycles. The third kappa shape index (κ3) is 5.98. The summed E-state index contributed by atoms with van der Waals surface area (Å²) in [7, 11) is 1.92. The molecule has 0 heterocycles. The van der Waals surface area contributed by atoms with E-state index >= 15 is 0 Å². The molecule has 3 nitrogen and oxygen atoms in total. The van der Waals surface area contributed by atoms with Gasteiger partial charge in [-0.25, -0.2) is 0 Å². The van der Waals surface area contributed by atoms with Gasteiger partial charge in [-0.1, -0.05) is 30.3 Å². The average Bonchev–Trinajstić information content (AvgIpc) is 2.37. The number of hydrogen-bond donors (Lipinski definition) is 1. The first-order chi connectivity index (χ1) is 8.26. The van der Waals surface area contributed by atoms with Gasteiger partial charge in [0.15, 0.2) is 0 Å². The monoisotopic (exact) mass is 253 g/mol. The summed E-state index contributed by atoms with van der Waals surface area (Å²) in [4.78, 5) is 0. The summed E-state index contributed by atoms with van der Waals surface area (Å²) in [6.07, 6.45) is 3.26. The van der Waals surface area contributed by atoms with E-state index in [1.54, 1.807) is 14.2 Å². The zero-order valence-electron chi connectivity index (χ0n) is 10.8. The second-order valence-corrected chi connectivity index (χ2v) is 6.55. The molecule has 17 heavy (non-hydrogen) atoms. The lowest BCUT2D eigenvalue weighted by molar-refractivity contribution is 0.273. The summed E-state index contributed by atoms with van der Waals surface area (Å²) in [5.74, 6) is 0. The molecule has 1 aromatic rings. The minimum atomic E-state index is -1.49. The van der Waals surface area contributed by atoms with Crippen LogP contribution in [0.5, 0.6) is 0 Å². The third-order valence-corrected chi connectivity index (χ3v) is 4.95. The second-order valence-electron chi connectivity index (χ2n) is 4.27. The van der Waals surface area contributed by atoms with Crippen LogP contribution in [-0.4, -0.2) is 29.5 Å². The molecule has 1 rings (SSSR count). The van der Waals surface area contributed by atoms with Crippen molar-refractivity contribution in [2.45, 2.75) is 31.3 Å². The van der Waals surface area contributed by atoms with Gasteiger partial charge in [-0.15, -0.1) is 0 Å². The van der Waals surface area contributed by atoms with Crippen molar-refractivity contribution in [3.8, 4) is 0 Å². The van der Waals surface area contributed by atoms with Crippen LogP contribution >= 0.6 is 0 Å². The van der Waals surface area contributed by atoms with Gasteiger partial charge in [0, 0.05) is 26.3 Å². The molecule has 0 aliphatic rings. The minimum absolute atomic E-state index is 0.204. The Hall–Kier alpha value is -0.683. The first-order valence-corrected chi connectivity index (χ1v) is 7.87. The summed E-state index contributed by atoms with van der Waals surface area (Å²) >= 11 is 0. The third-order valence-electron chi connectivity index (χ3n) is 2.90. The predicted octanol–water partition coefficient (Wildman–Crippen LogP) is 1.85. The molecule has 0 aliphatic carbocycles. The number of aryl methyl sites for hydroxylation is 1. The zero-order chi connectivity index (χ0) is 12.5. The van der Waals surface area contributed by atoms with Crippen molar-refractivity contribution >= 4 is 9.28 Å². The Morgan fingerprint density at radius 3 is 2.41 bits per heavy atom. The summed E-state index contributed by atoms with van der Waals surface area (Å²) in [5, 5.41) is 0. The molecule has 0 bridgehead atoms. The highest BCUT2D eigenvalue weighted by Crippen LogP contribution is 2.09. The van der Waals surface area contributed by atoms with Crippen LogP contribution in [0.4, 0.5) is 0 Å². The van der Waals surface area contributed by atoms with Crippen LogP contribution in [0.25, 0.3) is 0 Å². The van der Waals surface area contributed by atoms with Crippen molar-refractivity contribution in [2.75, 3.05) is 14.2 Å². The molecule has 2 N–H and O–H groups in total. The molecule has 0 radical (unpaired) electrons. The highest BCUT2D eigenvalue weighted by Gasteiger charge is 2.14.